The van der Waals surface area contributed by atoms with E-state index < -0.39 is 0 Å². The lowest BCUT2D eigenvalue weighted by Crippen LogP contribution is -2.39. The largest absolute Gasteiger partial charge is 0.367 e. The maximum atomic E-state index is 6.09. The quantitative estimate of drug-likeness (QED) is 0.861. The molecule has 0 aromatic carbocycles. The Morgan fingerprint density at radius 2 is 2.00 bits per heavy atom. The Morgan fingerprint density at radius 1 is 1.26 bits per heavy atom. The summed E-state index contributed by atoms with van der Waals surface area (Å²) in [6, 6.07) is 2.36. The number of nitrogens with one attached hydrogen (secondary N) is 1. The molecule has 0 spiro atoms. The molecule has 1 aromatic rings. The molecule has 104 valence electrons. The number of halogens is 1. The third kappa shape index (κ3) is 3.37. The van der Waals surface area contributed by atoms with Gasteiger partial charge in [-0.15, -0.1) is 0 Å². The van der Waals surface area contributed by atoms with E-state index >= 15 is 0 Å². The molecule has 2 aliphatic rings. The van der Waals surface area contributed by atoms with Gasteiger partial charge in [0.1, 0.15) is 16.8 Å². The first kappa shape index (κ1) is 13.1. The zero-order valence-electron chi connectivity index (χ0n) is 11.4. The molecule has 19 heavy (non-hydrogen) atoms. The molecule has 2 heterocycles. The zero-order valence-corrected chi connectivity index (χ0v) is 12.2. The number of nitrogens with zero attached hydrogens (tertiary/aromatic N) is 3. The van der Waals surface area contributed by atoms with Gasteiger partial charge in [0.15, 0.2) is 0 Å². The van der Waals surface area contributed by atoms with Crippen molar-refractivity contribution in [1.82, 2.24) is 14.9 Å². The first-order chi connectivity index (χ1) is 9.24. The highest BCUT2D eigenvalue weighted by Gasteiger charge is 2.27. The molecule has 1 saturated heterocycles. The van der Waals surface area contributed by atoms with E-state index in [9.17, 15) is 0 Å². The molecule has 1 aliphatic heterocycles. The molecule has 2 fully saturated rings. The molecular weight excluding hydrogens is 260 g/mol. The van der Waals surface area contributed by atoms with E-state index in [-0.39, 0.29) is 0 Å². The van der Waals surface area contributed by atoms with Gasteiger partial charge in [0, 0.05) is 31.1 Å². The number of piperidine rings is 1. The van der Waals surface area contributed by atoms with Crippen molar-refractivity contribution >= 4 is 17.4 Å². The SMILES string of the molecule is CCN1CCC(Nc2cc(Cl)nc(C3CC3)n2)CC1. The van der Waals surface area contributed by atoms with Crippen molar-refractivity contribution in [3.05, 3.63) is 17.0 Å². The van der Waals surface area contributed by atoms with Crippen LogP contribution in [0.2, 0.25) is 5.15 Å². The molecule has 1 saturated carbocycles. The van der Waals surface area contributed by atoms with E-state index in [4.69, 9.17) is 11.6 Å². The highest BCUT2D eigenvalue weighted by atomic mass is 35.5. The van der Waals surface area contributed by atoms with Gasteiger partial charge in [0.25, 0.3) is 0 Å². The monoisotopic (exact) mass is 280 g/mol. The highest BCUT2D eigenvalue weighted by Crippen LogP contribution is 2.38. The van der Waals surface area contributed by atoms with Gasteiger partial charge in [-0.2, -0.15) is 0 Å². The number of anilines is 1. The van der Waals surface area contributed by atoms with Gasteiger partial charge in [0.05, 0.1) is 0 Å². The van der Waals surface area contributed by atoms with E-state index in [1.807, 2.05) is 6.07 Å². The Morgan fingerprint density at radius 3 is 2.63 bits per heavy atom. The molecule has 1 aliphatic carbocycles. The molecule has 0 unspecified atom stereocenters. The standard InChI is InChI=1S/C14H21ClN4/c1-2-19-7-5-11(6-8-19)16-13-9-12(15)17-14(18-13)10-3-4-10/h9-11H,2-8H2,1H3,(H,16,17,18). The summed E-state index contributed by atoms with van der Waals surface area (Å²) in [7, 11) is 0. The van der Waals surface area contributed by atoms with Crippen molar-refractivity contribution < 1.29 is 0 Å². The van der Waals surface area contributed by atoms with Gasteiger partial charge in [0.2, 0.25) is 0 Å². The number of aromatic nitrogens is 2. The third-order valence-corrected chi connectivity index (χ3v) is 4.24. The average Bonchev–Trinajstić information content (AvgIpc) is 3.23. The Hall–Kier alpha value is -0.870. The number of hydrogen-bond donors (Lipinski definition) is 1. The topological polar surface area (TPSA) is 41.0 Å². The summed E-state index contributed by atoms with van der Waals surface area (Å²) < 4.78 is 0. The van der Waals surface area contributed by atoms with Crippen molar-refractivity contribution in [1.29, 1.82) is 0 Å². The van der Waals surface area contributed by atoms with Crippen LogP contribution in [-0.2, 0) is 0 Å². The summed E-state index contributed by atoms with van der Waals surface area (Å²) in [4.78, 5) is 11.4. The molecule has 1 N–H and O–H groups in total. The molecule has 0 amide bonds. The Balaban J connectivity index is 1.63. The van der Waals surface area contributed by atoms with Crippen LogP contribution in [0.1, 0.15) is 44.3 Å². The van der Waals surface area contributed by atoms with Gasteiger partial charge < -0.3 is 10.2 Å². The Kier molecular flexibility index (Phi) is 3.89. The maximum Gasteiger partial charge on any atom is 0.135 e. The van der Waals surface area contributed by atoms with Crippen LogP contribution < -0.4 is 5.32 Å². The van der Waals surface area contributed by atoms with E-state index in [0.29, 0.717) is 17.1 Å². The molecule has 4 nitrogen and oxygen atoms in total. The fourth-order valence-corrected chi connectivity index (χ4v) is 2.83. The van der Waals surface area contributed by atoms with Crippen LogP contribution in [0.25, 0.3) is 0 Å². The number of rotatable bonds is 4. The summed E-state index contributed by atoms with van der Waals surface area (Å²) in [5, 5.41) is 4.09. The molecule has 5 heteroatoms. The van der Waals surface area contributed by atoms with Crippen molar-refractivity contribution in [3.8, 4) is 0 Å². The molecule has 0 radical (unpaired) electrons. The van der Waals surface area contributed by atoms with Crippen LogP contribution >= 0.6 is 11.6 Å². The second-order valence-electron chi connectivity index (χ2n) is 5.56. The minimum absolute atomic E-state index is 0.515. The lowest BCUT2D eigenvalue weighted by Gasteiger charge is -2.31. The molecule has 1 aromatic heterocycles. The van der Waals surface area contributed by atoms with Gasteiger partial charge in [-0.3, -0.25) is 0 Å². The summed E-state index contributed by atoms with van der Waals surface area (Å²) in [6.07, 6.45) is 4.76. The van der Waals surface area contributed by atoms with Gasteiger partial charge in [-0.25, -0.2) is 9.97 Å². The first-order valence-corrected chi connectivity index (χ1v) is 7.65. The Labute approximate surface area is 119 Å². The lowest BCUT2D eigenvalue weighted by atomic mass is 10.1. The van der Waals surface area contributed by atoms with Crippen molar-refractivity contribution in [2.75, 3.05) is 25.0 Å². The number of hydrogen-bond acceptors (Lipinski definition) is 4. The second-order valence-corrected chi connectivity index (χ2v) is 5.95. The van der Waals surface area contributed by atoms with Crippen molar-refractivity contribution in [2.24, 2.45) is 0 Å². The minimum Gasteiger partial charge on any atom is -0.367 e. The molecular formula is C14H21ClN4. The van der Waals surface area contributed by atoms with Gasteiger partial charge >= 0.3 is 0 Å². The second kappa shape index (κ2) is 5.63. The minimum atomic E-state index is 0.515. The summed E-state index contributed by atoms with van der Waals surface area (Å²) >= 11 is 6.09. The van der Waals surface area contributed by atoms with Crippen LogP contribution in [0, 0.1) is 0 Å². The van der Waals surface area contributed by atoms with Crippen molar-refractivity contribution in [3.63, 3.8) is 0 Å². The number of likely N-dealkylation sites (tertiary alicyclic amines) is 1. The van der Waals surface area contributed by atoms with E-state index in [2.05, 4.69) is 27.1 Å². The predicted octanol–water partition coefficient (Wildman–Crippen LogP) is 2.90. The Bertz CT molecular complexity index is 439. The first-order valence-electron chi connectivity index (χ1n) is 7.28. The normalized spacial score (nSPS) is 21.6. The zero-order chi connectivity index (χ0) is 13.2. The van der Waals surface area contributed by atoms with Crippen LogP contribution in [0.4, 0.5) is 5.82 Å². The van der Waals surface area contributed by atoms with Crippen LogP contribution in [0.15, 0.2) is 6.07 Å². The molecule has 0 bridgehead atoms. The summed E-state index contributed by atoms with van der Waals surface area (Å²) in [6.45, 7) is 5.71. The highest BCUT2D eigenvalue weighted by molar-refractivity contribution is 6.29. The van der Waals surface area contributed by atoms with Gasteiger partial charge in [-0.1, -0.05) is 18.5 Å². The average molecular weight is 281 g/mol. The van der Waals surface area contributed by atoms with E-state index in [0.717, 1.165) is 18.2 Å². The van der Waals surface area contributed by atoms with Crippen LogP contribution in [0.3, 0.4) is 0 Å². The van der Waals surface area contributed by atoms with Crippen molar-refractivity contribution in [2.45, 2.75) is 44.6 Å². The van der Waals surface area contributed by atoms with E-state index in [1.54, 1.807) is 0 Å². The van der Waals surface area contributed by atoms with Gasteiger partial charge in [-0.05, 0) is 32.2 Å². The predicted molar refractivity (Wildman–Crippen MR) is 77.8 cm³/mol. The fourth-order valence-electron chi connectivity index (χ4n) is 2.64. The molecule has 0 atom stereocenters. The maximum absolute atomic E-state index is 6.09. The fraction of sp³-hybridized carbons (Fsp3) is 0.714. The molecule has 3 rings (SSSR count). The van der Waals surface area contributed by atoms with Crippen LogP contribution in [0.5, 0.6) is 0 Å². The smallest absolute Gasteiger partial charge is 0.135 e. The van der Waals surface area contributed by atoms with Crippen LogP contribution in [-0.4, -0.2) is 40.5 Å². The third-order valence-electron chi connectivity index (χ3n) is 4.04. The summed E-state index contributed by atoms with van der Waals surface area (Å²) in [5.41, 5.74) is 0. The summed E-state index contributed by atoms with van der Waals surface area (Å²) in [5.74, 6) is 2.36. The van der Waals surface area contributed by atoms with E-state index in [1.165, 1.54) is 38.8 Å². The lowest BCUT2D eigenvalue weighted by molar-refractivity contribution is 0.229.